The second-order valence-corrected chi connectivity index (χ2v) is 5.50. The predicted molar refractivity (Wildman–Crippen MR) is 79.2 cm³/mol. The molecule has 0 saturated heterocycles. The van der Waals surface area contributed by atoms with Crippen LogP contribution in [0.5, 0.6) is 0 Å². The number of carbonyl (C=O) groups is 1. The van der Waals surface area contributed by atoms with E-state index in [9.17, 15) is 4.79 Å². The van der Waals surface area contributed by atoms with E-state index in [2.05, 4.69) is 20.5 Å². The summed E-state index contributed by atoms with van der Waals surface area (Å²) < 4.78 is 1.94. The number of amides is 1. The number of imidazole rings is 1. The minimum Gasteiger partial charge on any atom is -0.334 e. The number of hydrogen-bond donors (Lipinski definition) is 2. The predicted octanol–water partition coefficient (Wildman–Crippen LogP) is 2.43. The zero-order chi connectivity index (χ0) is 14.4. The summed E-state index contributed by atoms with van der Waals surface area (Å²) in [6, 6.07) is 7.52. The van der Waals surface area contributed by atoms with E-state index in [-0.39, 0.29) is 5.91 Å². The number of aryl methyl sites for hydroxylation is 1. The molecule has 0 spiro atoms. The smallest absolute Gasteiger partial charge is 0.276 e. The molecule has 0 atom stereocenters. The van der Waals surface area contributed by atoms with Gasteiger partial charge in [0.2, 0.25) is 0 Å². The Bertz CT molecular complexity index is 828. The average Bonchev–Trinajstić information content (AvgIpc) is 3.10. The van der Waals surface area contributed by atoms with E-state index in [1.165, 1.54) is 12.8 Å². The summed E-state index contributed by atoms with van der Waals surface area (Å²) >= 11 is 0. The monoisotopic (exact) mass is 281 g/mol. The van der Waals surface area contributed by atoms with Crippen LogP contribution in [0.25, 0.3) is 11.0 Å². The molecule has 2 heterocycles. The lowest BCUT2D eigenvalue weighted by Crippen LogP contribution is -2.12. The van der Waals surface area contributed by atoms with Gasteiger partial charge in [-0.3, -0.25) is 9.89 Å². The number of aromatic nitrogens is 4. The topological polar surface area (TPSA) is 75.6 Å². The van der Waals surface area contributed by atoms with Gasteiger partial charge in [0.05, 0.1) is 17.4 Å². The third-order valence-corrected chi connectivity index (χ3v) is 3.83. The fourth-order valence-corrected chi connectivity index (χ4v) is 2.47. The van der Waals surface area contributed by atoms with Crippen molar-refractivity contribution in [2.45, 2.75) is 18.8 Å². The molecule has 4 rings (SSSR count). The van der Waals surface area contributed by atoms with Crippen molar-refractivity contribution in [3.8, 4) is 0 Å². The largest absolute Gasteiger partial charge is 0.334 e. The van der Waals surface area contributed by atoms with Gasteiger partial charge in [0.25, 0.3) is 5.91 Å². The molecule has 1 fully saturated rings. The molecular formula is C15H15N5O. The maximum absolute atomic E-state index is 12.2. The van der Waals surface area contributed by atoms with Crippen LogP contribution in [0.15, 0.2) is 30.6 Å². The molecule has 1 amide bonds. The zero-order valence-corrected chi connectivity index (χ0v) is 11.6. The Morgan fingerprint density at radius 1 is 1.38 bits per heavy atom. The fourth-order valence-electron chi connectivity index (χ4n) is 2.47. The third-order valence-electron chi connectivity index (χ3n) is 3.83. The molecule has 0 radical (unpaired) electrons. The van der Waals surface area contributed by atoms with E-state index in [0.717, 1.165) is 22.4 Å². The number of carbonyl (C=O) groups excluding carboxylic acids is 1. The average molecular weight is 281 g/mol. The highest BCUT2D eigenvalue weighted by atomic mass is 16.1. The number of rotatable bonds is 3. The molecule has 0 bridgehead atoms. The van der Waals surface area contributed by atoms with E-state index >= 15 is 0 Å². The normalized spacial score (nSPS) is 14.5. The molecule has 0 unspecified atom stereocenters. The minimum absolute atomic E-state index is 0.201. The molecular weight excluding hydrogens is 266 g/mol. The number of H-pyrrole nitrogens is 1. The Morgan fingerprint density at radius 2 is 2.24 bits per heavy atom. The molecule has 21 heavy (non-hydrogen) atoms. The van der Waals surface area contributed by atoms with Crippen molar-refractivity contribution >= 4 is 22.6 Å². The van der Waals surface area contributed by atoms with Gasteiger partial charge in [0, 0.05) is 24.3 Å². The summed E-state index contributed by atoms with van der Waals surface area (Å²) in [6.07, 6.45) is 4.12. The van der Waals surface area contributed by atoms with Gasteiger partial charge in [-0.25, -0.2) is 4.98 Å². The van der Waals surface area contributed by atoms with Gasteiger partial charge in [0.1, 0.15) is 0 Å². The highest BCUT2D eigenvalue weighted by Gasteiger charge is 2.26. The van der Waals surface area contributed by atoms with Gasteiger partial charge in [-0.2, -0.15) is 5.10 Å². The van der Waals surface area contributed by atoms with E-state index in [4.69, 9.17) is 0 Å². The SMILES string of the molecule is Cn1cnc2cc(NC(=O)c3cc(C4CC4)[nH]n3)ccc21. The molecule has 6 heteroatoms. The molecule has 1 aliphatic rings. The van der Waals surface area contributed by atoms with Gasteiger partial charge in [-0.05, 0) is 37.1 Å². The Kier molecular flexibility index (Phi) is 2.57. The van der Waals surface area contributed by atoms with Crippen molar-refractivity contribution in [1.29, 1.82) is 0 Å². The summed E-state index contributed by atoms with van der Waals surface area (Å²) in [5.74, 6) is 0.359. The maximum Gasteiger partial charge on any atom is 0.276 e. The van der Waals surface area contributed by atoms with Crippen LogP contribution >= 0.6 is 0 Å². The number of hydrogen-bond acceptors (Lipinski definition) is 3. The summed E-state index contributed by atoms with van der Waals surface area (Å²) in [4.78, 5) is 16.5. The van der Waals surface area contributed by atoms with Crippen LogP contribution in [-0.2, 0) is 7.05 Å². The van der Waals surface area contributed by atoms with Crippen LogP contribution in [0.4, 0.5) is 5.69 Å². The molecule has 1 aliphatic carbocycles. The van der Waals surface area contributed by atoms with E-state index < -0.39 is 0 Å². The molecule has 2 aromatic heterocycles. The summed E-state index contributed by atoms with van der Waals surface area (Å²) in [5, 5.41) is 9.89. The van der Waals surface area contributed by atoms with Gasteiger partial charge in [-0.15, -0.1) is 0 Å². The molecule has 0 aliphatic heterocycles. The van der Waals surface area contributed by atoms with E-state index in [1.54, 1.807) is 6.33 Å². The number of nitrogens with zero attached hydrogens (tertiary/aromatic N) is 3. The second-order valence-electron chi connectivity index (χ2n) is 5.50. The minimum atomic E-state index is -0.201. The first kappa shape index (κ1) is 12.1. The lowest BCUT2D eigenvalue weighted by molar-refractivity contribution is 0.102. The van der Waals surface area contributed by atoms with Gasteiger partial charge >= 0.3 is 0 Å². The quantitative estimate of drug-likeness (QED) is 0.774. The Hall–Kier alpha value is -2.63. The number of fused-ring (bicyclic) bond motifs is 1. The Labute approximate surface area is 121 Å². The zero-order valence-electron chi connectivity index (χ0n) is 11.6. The molecule has 1 saturated carbocycles. The van der Waals surface area contributed by atoms with Crippen molar-refractivity contribution in [3.63, 3.8) is 0 Å². The van der Waals surface area contributed by atoms with E-state index in [1.807, 2.05) is 35.9 Å². The lowest BCUT2D eigenvalue weighted by atomic mass is 10.2. The maximum atomic E-state index is 12.2. The third kappa shape index (κ3) is 2.18. The first-order chi connectivity index (χ1) is 10.2. The first-order valence-electron chi connectivity index (χ1n) is 6.98. The van der Waals surface area contributed by atoms with Crippen molar-refractivity contribution in [3.05, 3.63) is 42.0 Å². The van der Waals surface area contributed by atoms with Crippen LogP contribution in [-0.4, -0.2) is 25.7 Å². The van der Waals surface area contributed by atoms with Crippen molar-refractivity contribution in [2.75, 3.05) is 5.32 Å². The molecule has 106 valence electrons. The molecule has 2 N–H and O–H groups in total. The van der Waals surface area contributed by atoms with Crippen molar-refractivity contribution in [2.24, 2.45) is 7.05 Å². The van der Waals surface area contributed by atoms with Crippen LogP contribution in [0.2, 0.25) is 0 Å². The van der Waals surface area contributed by atoms with Gasteiger partial charge in [-0.1, -0.05) is 0 Å². The molecule has 6 nitrogen and oxygen atoms in total. The Balaban J connectivity index is 1.56. The fraction of sp³-hybridized carbons (Fsp3) is 0.267. The number of benzene rings is 1. The highest BCUT2D eigenvalue weighted by Crippen LogP contribution is 2.39. The first-order valence-corrected chi connectivity index (χ1v) is 6.98. The summed E-state index contributed by atoms with van der Waals surface area (Å²) in [7, 11) is 1.94. The number of anilines is 1. The Morgan fingerprint density at radius 3 is 3.05 bits per heavy atom. The van der Waals surface area contributed by atoms with Gasteiger partial charge < -0.3 is 9.88 Å². The van der Waals surface area contributed by atoms with Crippen LogP contribution in [0.3, 0.4) is 0 Å². The van der Waals surface area contributed by atoms with Crippen LogP contribution in [0, 0.1) is 0 Å². The molecule has 1 aromatic carbocycles. The standard InChI is InChI=1S/C15H15N5O/c1-20-8-16-12-6-10(4-5-14(12)20)17-15(21)13-7-11(18-19-13)9-2-3-9/h4-9H,2-3H2,1H3,(H,17,21)(H,18,19). The van der Waals surface area contributed by atoms with Crippen LogP contribution in [0.1, 0.15) is 34.9 Å². The second kappa shape index (κ2) is 4.44. The summed E-state index contributed by atoms with van der Waals surface area (Å²) in [5.41, 5.74) is 4.10. The van der Waals surface area contributed by atoms with Crippen LogP contribution < -0.4 is 5.32 Å². The summed E-state index contributed by atoms with van der Waals surface area (Å²) in [6.45, 7) is 0. The highest BCUT2D eigenvalue weighted by molar-refractivity contribution is 6.03. The van der Waals surface area contributed by atoms with Gasteiger partial charge in [0.15, 0.2) is 5.69 Å². The lowest BCUT2D eigenvalue weighted by Gasteiger charge is -2.03. The van der Waals surface area contributed by atoms with Crippen molar-refractivity contribution < 1.29 is 4.79 Å². The molecule has 3 aromatic rings. The van der Waals surface area contributed by atoms with Crippen molar-refractivity contribution in [1.82, 2.24) is 19.7 Å². The van der Waals surface area contributed by atoms with E-state index in [0.29, 0.717) is 11.6 Å². The number of aromatic amines is 1. The number of nitrogens with one attached hydrogen (secondary N) is 2.